The van der Waals surface area contributed by atoms with Crippen molar-refractivity contribution < 1.29 is 14.7 Å². The molecular formula is C14H20N2O3S. The third-order valence-electron chi connectivity index (χ3n) is 2.81. The van der Waals surface area contributed by atoms with Gasteiger partial charge in [0.25, 0.3) is 0 Å². The third-order valence-corrected chi connectivity index (χ3v) is 3.40. The van der Waals surface area contributed by atoms with Crippen molar-refractivity contribution in [1.82, 2.24) is 4.90 Å². The Hall–Kier alpha value is -1.69. The van der Waals surface area contributed by atoms with E-state index in [4.69, 9.17) is 5.11 Å². The minimum atomic E-state index is -0.808. The molecule has 0 heterocycles. The predicted octanol–water partition coefficient (Wildman–Crippen LogP) is 2.53. The van der Waals surface area contributed by atoms with E-state index >= 15 is 0 Å². The molecule has 0 aliphatic heterocycles. The maximum atomic E-state index is 11.8. The van der Waals surface area contributed by atoms with Crippen LogP contribution in [0.5, 0.6) is 0 Å². The van der Waals surface area contributed by atoms with E-state index in [1.54, 1.807) is 35.8 Å². The summed E-state index contributed by atoms with van der Waals surface area (Å²) in [7, 11) is 1.76. The van der Waals surface area contributed by atoms with Crippen LogP contribution in [0.25, 0.3) is 0 Å². The molecule has 0 aliphatic carbocycles. The first-order valence-electron chi connectivity index (χ1n) is 6.34. The van der Waals surface area contributed by atoms with Crippen LogP contribution in [0.1, 0.15) is 12.0 Å². The Morgan fingerprint density at radius 3 is 2.50 bits per heavy atom. The lowest BCUT2D eigenvalue weighted by Crippen LogP contribution is -2.33. The molecule has 5 nitrogen and oxygen atoms in total. The Kier molecular flexibility index (Phi) is 6.93. The zero-order valence-electron chi connectivity index (χ0n) is 11.8. The quantitative estimate of drug-likeness (QED) is 0.811. The number of aliphatic carboxylic acids is 1. The Morgan fingerprint density at radius 2 is 1.95 bits per heavy atom. The average Bonchev–Trinajstić information content (AvgIpc) is 2.43. The molecule has 0 spiro atoms. The molecule has 0 radical (unpaired) electrons. The van der Waals surface area contributed by atoms with E-state index in [1.165, 1.54) is 0 Å². The van der Waals surface area contributed by atoms with Crippen LogP contribution in [-0.2, 0) is 11.2 Å². The number of carbonyl (C=O) groups is 2. The van der Waals surface area contributed by atoms with Gasteiger partial charge < -0.3 is 15.3 Å². The lowest BCUT2D eigenvalue weighted by molar-refractivity contribution is -0.136. The largest absolute Gasteiger partial charge is 0.481 e. The summed E-state index contributed by atoms with van der Waals surface area (Å²) in [5.74, 6) is 0.0932. The number of nitrogens with zero attached hydrogens (tertiary/aromatic N) is 1. The number of urea groups is 1. The molecule has 0 aliphatic rings. The van der Waals surface area contributed by atoms with E-state index in [1.807, 2.05) is 18.4 Å². The second-order valence-corrected chi connectivity index (χ2v) is 5.42. The molecule has 1 aromatic rings. The number of amides is 2. The van der Waals surface area contributed by atoms with Gasteiger partial charge in [-0.25, -0.2) is 4.79 Å². The summed E-state index contributed by atoms with van der Waals surface area (Å²) < 4.78 is 0. The van der Waals surface area contributed by atoms with Crippen LogP contribution in [0.15, 0.2) is 24.3 Å². The van der Waals surface area contributed by atoms with Crippen molar-refractivity contribution in [3.8, 4) is 0 Å². The number of carboxylic acids is 1. The first-order chi connectivity index (χ1) is 9.52. The first-order valence-corrected chi connectivity index (χ1v) is 7.74. The van der Waals surface area contributed by atoms with E-state index in [-0.39, 0.29) is 12.5 Å². The van der Waals surface area contributed by atoms with Gasteiger partial charge in [-0.05, 0) is 30.4 Å². The van der Waals surface area contributed by atoms with Gasteiger partial charge in [0.1, 0.15) is 0 Å². The van der Waals surface area contributed by atoms with E-state index in [0.29, 0.717) is 18.7 Å². The van der Waals surface area contributed by atoms with Crippen LogP contribution in [0.3, 0.4) is 0 Å². The van der Waals surface area contributed by atoms with Gasteiger partial charge in [0.05, 0.1) is 0 Å². The van der Waals surface area contributed by atoms with Crippen LogP contribution in [-0.4, -0.2) is 47.6 Å². The lowest BCUT2D eigenvalue weighted by Gasteiger charge is -2.17. The highest BCUT2D eigenvalue weighted by molar-refractivity contribution is 7.98. The fourth-order valence-corrected chi connectivity index (χ4v) is 2.01. The van der Waals surface area contributed by atoms with Gasteiger partial charge >= 0.3 is 12.0 Å². The van der Waals surface area contributed by atoms with E-state index in [2.05, 4.69) is 5.32 Å². The standard InChI is InChI=1S/C14H20N2O3S/c1-16(9-10-20-2)14(19)15-12-6-3-11(4-7-12)5-8-13(17)18/h3-4,6-7H,5,8-10H2,1-2H3,(H,15,19)(H,17,18). The summed E-state index contributed by atoms with van der Waals surface area (Å²) in [4.78, 5) is 24.0. The number of rotatable bonds is 7. The average molecular weight is 296 g/mol. The molecule has 110 valence electrons. The summed E-state index contributed by atoms with van der Waals surface area (Å²) in [6.45, 7) is 0.698. The topological polar surface area (TPSA) is 69.6 Å². The number of nitrogens with one attached hydrogen (secondary N) is 1. The molecule has 0 saturated carbocycles. The number of thioether (sulfide) groups is 1. The van der Waals surface area contributed by atoms with E-state index in [0.717, 1.165) is 11.3 Å². The number of anilines is 1. The second kappa shape index (κ2) is 8.47. The number of hydrogen-bond donors (Lipinski definition) is 2. The second-order valence-electron chi connectivity index (χ2n) is 4.44. The molecule has 0 bridgehead atoms. The smallest absolute Gasteiger partial charge is 0.321 e. The summed E-state index contributed by atoms with van der Waals surface area (Å²) >= 11 is 1.69. The number of aryl methyl sites for hydroxylation is 1. The molecule has 0 fully saturated rings. The van der Waals surface area contributed by atoms with Crippen LogP contribution in [0.2, 0.25) is 0 Å². The molecular weight excluding hydrogens is 276 g/mol. The van der Waals surface area contributed by atoms with Gasteiger partial charge in [-0.15, -0.1) is 0 Å². The van der Waals surface area contributed by atoms with Crippen LogP contribution in [0.4, 0.5) is 10.5 Å². The van der Waals surface area contributed by atoms with Crippen LogP contribution < -0.4 is 5.32 Å². The molecule has 20 heavy (non-hydrogen) atoms. The summed E-state index contributed by atoms with van der Waals surface area (Å²) in [6.07, 6.45) is 2.61. The number of hydrogen-bond acceptors (Lipinski definition) is 3. The van der Waals surface area contributed by atoms with Crippen molar-refractivity contribution in [2.75, 3.05) is 30.9 Å². The Morgan fingerprint density at radius 1 is 1.30 bits per heavy atom. The molecule has 1 rings (SSSR count). The minimum Gasteiger partial charge on any atom is -0.481 e. The molecule has 6 heteroatoms. The molecule has 0 aromatic heterocycles. The van der Waals surface area contributed by atoms with Crippen LogP contribution >= 0.6 is 11.8 Å². The van der Waals surface area contributed by atoms with Gasteiger partial charge in [0.15, 0.2) is 0 Å². The van der Waals surface area contributed by atoms with Crippen molar-refractivity contribution in [2.45, 2.75) is 12.8 Å². The maximum Gasteiger partial charge on any atom is 0.321 e. The third kappa shape index (κ3) is 5.97. The zero-order valence-corrected chi connectivity index (χ0v) is 12.6. The van der Waals surface area contributed by atoms with E-state index < -0.39 is 5.97 Å². The molecule has 1 aromatic carbocycles. The van der Waals surface area contributed by atoms with Crippen LogP contribution in [0, 0.1) is 0 Å². The zero-order chi connectivity index (χ0) is 15.0. The maximum absolute atomic E-state index is 11.8. The van der Waals surface area contributed by atoms with Crippen molar-refractivity contribution in [1.29, 1.82) is 0 Å². The number of carbonyl (C=O) groups excluding carboxylic acids is 1. The first kappa shape index (κ1) is 16.4. The normalized spacial score (nSPS) is 10.1. The monoisotopic (exact) mass is 296 g/mol. The Bertz CT molecular complexity index is 448. The molecule has 2 amide bonds. The van der Waals surface area contributed by atoms with Gasteiger partial charge in [0.2, 0.25) is 0 Å². The predicted molar refractivity (Wildman–Crippen MR) is 82.4 cm³/mol. The highest BCUT2D eigenvalue weighted by atomic mass is 32.2. The number of carboxylic acid groups (broad SMARTS) is 1. The Balaban J connectivity index is 2.48. The van der Waals surface area contributed by atoms with Crippen molar-refractivity contribution in [3.63, 3.8) is 0 Å². The summed E-state index contributed by atoms with van der Waals surface area (Å²) in [5.41, 5.74) is 1.66. The fourth-order valence-electron chi connectivity index (χ4n) is 1.55. The van der Waals surface area contributed by atoms with Gasteiger partial charge in [-0.3, -0.25) is 4.79 Å². The van der Waals surface area contributed by atoms with Crippen molar-refractivity contribution in [3.05, 3.63) is 29.8 Å². The van der Waals surface area contributed by atoms with Gasteiger partial charge in [-0.2, -0.15) is 11.8 Å². The molecule has 2 N–H and O–H groups in total. The van der Waals surface area contributed by atoms with Gasteiger partial charge in [0, 0.05) is 31.5 Å². The minimum absolute atomic E-state index is 0.114. The van der Waals surface area contributed by atoms with Gasteiger partial charge in [-0.1, -0.05) is 12.1 Å². The lowest BCUT2D eigenvalue weighted by atomic mass is 10.1. The molecule has 0 unspecified atom stereocenters. The van der Waals surface area contributed by atoms with Crippen molar-refractivity contribution >= 4 is 29.4 Å². The fraction of sp³-hybridized carbons (Fsp3) is 0.429. The SMILES string of the molecule is CSCCN(C)C(=O)Nc1ccc(CCC(=O)O)cc1. The summed E-state index contributed by atoms with van der Waals surface area (Å²) in [6, 6.07) is 7.10. The highest BCUT2D eigenvalue weighted by Gasteiger charge is 2.08. The highest BCUT2D eigenvalue weighted by Crippen LogP contribution is 2.11. The van der Waals surface area contributed by atoms with Crippen molar-refractivity contribution in [2.24, 2.45) is 0 Å². The van der Waals surface area contributed by atoms with E-state index in [9.17, 15) is 9.59 Å². The molecule has 0 saturated heterocycles. The summed E-state index contributed by atoms with van der Waals surface area (Å²) in [5, 5.41) is 11.4. The number of benzene rings is 1. The molecule has 0 atom stereocenters. The Labute approximate surface area is 123 Å².